The van der Waals surface area contributed by atoms with Crippen LogP contribution < -0.4 is 10.2 Å². The van der Waals surface area contributed by atoms with E-state index in [1.807, 2.05) is 12.1 Å². The fraction of sp³-hybridized carbons (Fsp3) is 0.526. The summed E-state index contributed by atoms with van der Waals surface area (Å²) in [5, 5.41) is 2.97. The van der Waals surface area contributed by atoms with Crippen molar-refractivity contribution in [3.8, 4) is 0 Å². The Morgan fingerprint density at radius 1 is 1.27 bits per heavy atom. The van der Waals surface area contributed by atoms with Crippen molar-refractivity contribution in [1.82, 2.24) is 20.2 Å². The number of nitrogens with one attached hydrogen (secondary N) is 1. The Labute approximate surface area is 153 Å². The number of rotatable bonds is 5. The van der Waals surface area contributed by atoms with Gasteiger partial charge >= 0.3 is 0 Å². The lowest BCUT2D eigenvalue weighted by Crippen LogP contribution is -2.46. The van der Waals surface area contributed by atoms with Crippen LogP contribution in [0, 0.1) is 0 Å². The Hall–Kier alpha value is -2.41. The third-order valence-corrected chi connectivity index (χ3v) is 5.29. The molecule has 1 saturated heterocycles. The minimum Gasteiger partial charge on any atom is -0.468 e. The van der Waals surface area contributed by atoms with Gasteiger partial charge < -0.3 is 14.6 Å². The molecule has 0 radical (unpaired) electrons. The Bertz CT molecular complexity index is 734. The standard InChI is InChI=1S/C19H25N5O2/c1-14(25)22-16-9-15(10-16)18-11-19(21-13-20-18)24-6-4-23(5-7-24)12-17-3-2-8-26-17/h2-3,8,11,13,15-16H,4-7,9-10,12H2,1H3,(H,22,25). The van der Waals surface area contributed by atoms with Crippen molar-refractivity contribution in [2.45, 2.75) is 38.3 Å². The predicted molar refractivity (Wildman–Crippen MR) is 97.8 cm³/mol. The van der Waals surface area contributed by atoms with Gasteiger partial charge in [-0.1, -0.05) is 0 Å². The molecule has 0 atom stereocenters. The summed E-state index contributed by atoms with van der Waals surface area (Å²) in [5.74, 6) is 2.50. The zero-order chi connectivity index (χ0) is 17.9. The van der Waals surface area contributed by atoms with Crippen LogP contribution in [-0.2, 0) is 11.3 Å². The molecule has 3 heterocycles. The number of hydrogen-bond acceptors (Lipinski definition) is 6. The molecule has 4 rings (SSSR count). The molecule has 1 saturated carbocycles. The Balaban J connectivity index is 1.31. The molecular formula is C19H25N5O2. The molecule has 0 unspecified atom stereocenters. The van der Waals surface area contributed by atoms with E-state index in [-0.39, 0.29) is 5.91 Å². The quantitative estimate of drug-likeness (QED) is 0.881. The summed E-state index contributed by atoms with van der Waals surface area (Å²) < 4.78 is 5.44. The average Bonchev–Trinajstić information content (AvgIpc) is 3.11. The highest BCUT2D eigenvalue weighted by Crippen LogP contribution is 2.36. The zero-order valence-electron chi connectivity index (χ0n) is 15.1. The molecule has 1 aliphatic heterocycles. The highest BCUT2D eigenvalue weighted by Gasteiger charge is 2.32. The van der Waals surface area contributed by atoms with Crippen LogP contribution in [0.15, 0.2) is 35.2 Å². The molecule has 138 valence electrons. The van der Waals surface area contributed by atoms with Crippen LogP contribution in [0.2, 0.25) is 0 Å². The summed E-state index contributed by atoms with van der Waals surface area (Å²) in [7, 11) is 0. The maximum Gasteiger partial charge on any atom is 0.217 e. The minimum atomic E-state index is 0.0456. The number of anilines is 1. The predicted octanol–water partition coefficient (Wildman–Crippen LogP) is 1.77. The number of piperazine rings is 1. The van der Waals surface area contributed by atoms with Gasteiger partial charge in [0.05, 0.1) is 12.8 Å². The number of nitrogens with zero attached hydrogens (tertiary/aromatic N) is 4. The minimum absolute atomic E-state index is 0.0456. The van der Waals surface area contributed by atoms with E-state index in [4.69, 9.17) is 4.42 Å². The van der Waals surface area contributed by atoms with Gasteiger partial charge in [0.1, 0.15) is 17.9 Å². The first-order valence-electron chi connectivity index (χ1n) is 9.26. The van der Waals surface area contributed by atoms with Crippen molar-refractivity contribution in [2.75, 3.05) is 31.1 Å². The first-order chi connectivity index (χ1) is 12.7. The number of carbonyl (C=O) groups is 1. The molecule has 2 fully saturated rings. The number of carbonyl (C=O) groups excluding carboxylic acids is 1. The fourth-order valence-electron chi connectivity index (χ4n) is 3.78. The molecule has 2 aromatic rings. The van der Waals surface area contributed by atoms with Crippen molar-refractivity contribution in [1.29, 1.82) is 0 Å². The van der Waals surface area contributed by atoms with Gasteiger partial charge in [-0.15, -0.1) is 0 Å². The van der Waals surface area contributed by atoms with Gasteiger partial charge in [-0.3, -0.25) is 9.69 Å². The zero-order valence-corrected chi connectivity index (χ0v) is 15.1. The maximum absolute atomic E-state index is 11.1. The molecule has 2 aromatic heterocycles. The van der Waals surface area contributed by atoms with E-state index in [1.165, 1.54) is 0 Å². The van der Waals surface area contributed by atoms with Crippen molar-refractivity contribution in [3.05, 3.63) is 42.2 Å². The van der Waals surface area contributed by atoms with Crippen LogP contribution in [0.25, 0.3) is 0 Å². The van der Waals surface area contributed by atoms with E-state index < -0.39 is 0 Å². The normalized spacial score (nSPS) is 23.5. The van der Waals surface area contributed by atoms with Crippen LogP contribution in [-0.4, -0.2) is 53.0 Å². The van der Waals surface area contributed by atoms with E-state index in [0.717, 1.165) is 62.8 Å². The van der Waals surface area contributed by atoms with Crippen molar-refractivity contribution < 1.29 is 9.21 Å². The molecule has 0 spiro atoms. The fourth-order valence-corrected chi connectivity index (χ4v) is 3.78. The van der Waals surface area contributed by atoms with Gasteiger partial charge in [0, 0.05) is 56.8 Å². The van der Waals surface area contributed by atoms with Gasteiger partial charge in [-0.05, 0) is 25.0 Å². The van der Waals surface area contributed by atoms with E-state index in [0.29, 0.717) is 12.0 Å². The van der Waals surface area contributed by atoms with E-state index in [9.17, 15) is 4.79 Å². The number of hydrogen-bond donors (Lipinski definition) is 1. The average molecular weight is 355 g/mol. The molecule has 26 heavy (non-hydrogen) atoms. The topological polar surface area (TPSA) is 74.5 Å². The molecule has 1 N–H and O–H groups in total. The van der Waals surface area contributed by atoms with Crippen molar-refractivity contribution >= 4 is 11.7 Å². The van der Waals surface area contributed by atoms with E-state index in [1.54, 1.807) is 19.5 Å². The number of aromatic nitrogens is 2. The molecule has 2 aliphatic rings. The molecular weight excluding hydrogens is 330 g/mol. The molecule has 1 amide bonds. The van der Waals surface area contributed by atoms with Gasteiger partial charge in [0.2, 0.25) is 5.91 Å². The Morgan fingerprint density at radius 3 is 2.77 bits per heavy atom. The van der Waals surface area contributed by atoms with Crippen molar-refractivity contribution in [2.24, 2.45) is 0 Å². The lowest BCUT2D eigenvalue weighted by Gasteiger charge is -2.37. The third-order valence-electron chi connectivity index (χ3n) is 5.29. The summed E-state index contributed by atoms with van der Waals surface area (Å²) in [6, 6.07) is 6.37. The largest absolute Gasteiger partial charge is 0.468 e. The second-order valence-electron chi connectivity index (χ2n) is 7.21. The maximum atomic E-state index is 11.1. The molecule has 7 heteroatoms. The van der Waals surface area contributed by atoms with Crippen LogP contribution in [0.3, 0.4) is 0 Å². The Morgan fingerprint density at radius 2 is 2.08 bits per heavy atom. The first-order valence-corrected chi connectivity index (χ1v) is 9.26. The first kappa shape index (κ1) is 17.0. The lowest BCUT2D eigenvalue weighted by atomic mass is 9.78. The van der Waals surface area contributed by atoms with Crippen LogP contribution in [0.4, 0.5) is 5.82 Å². The van der Waals surface area contributed by atoms with Gasteiger partial charge in [0.25, 0.3) is 0 Å². The molecule has 7 nitrogen and oxygen atoms in total. The number of furan rings is 1. The third kappa shape index (κ3) is 3.88. The highest BCUT2D eigenvalue weighted by molar-refractivity contribution is 5.73. The number of amides is 1. The monoisotopic (exact) mass is 355 g/mol. The Kier molecular flexibility index (Phi) is 4.88. The smallest absolute Gasteiger partial charge is 0.217 e. The summed E-state index contributed by atoms with van der Waals surface area (Å²) in [5.41, 5.74) is 1.09. The van der Waals surface area contributed by atoms with Crippen molar-refractivity contribution in [3.63, 3.8) is 0 Å². The van der Waals surface area contributed by atoms with E-state index in [2.05, 4.69) is 31.2 Å². The van der Waals surface area contributed by atoms with Gasteiger partial charge in [0.15, 0.2) is 0 Å². The molecule has 0 aromatic carbocycles. The SMILES string of the molecule is CC(=O)NC1CC(c2cc(N3CCN(Cc4ccco4)CC3)ncn2)C1. The van der Waals surface area contributed by atoms with Gasteiger partial charge in [-0.2, -0.15) is 0 Å². The summed E-state index contributed by atoms with van der Waals surface area (Å²) in [4.78, 5) is 24.8. The molecule has 1 aliphatic carbocycles. The van der Waals surface area contributed by atoms with Crippen LogP contribution >= 0.6 is 0 Å². The van der Waals surface area contributed by atoms with Crippen LogP contribution in [0.5, 0.6) is 0 Å². The van der Waals surface area contributed by atoms with Crippen LogP contribution in [0.1, 0.15) is 37.1 Å². The van der Waals surface area contributed by atoms with E-state index >= 15 is 0 Å². The lowest BCUT2D eigenvalue weighted by molar-refractivity contribution is -0.120. The second-order valence-corrected chi connectivity index (χ2v) is 7.21. The summed E-state index contributed by atoms with van der Waals surface area (Å²) in [6.45, 7) is 6.33. The second kappa shape index (κ2) is 7.45. The summed E-state index contributed by atoms with van der Waals surface area (Å²) in [6.07, 6.45) is 5.33. The highest BCUT2D eigenvalue weighted by atomic mass is 16.3. The summed E-state index contributed by atoms with van der Waals surface area (Å²) >= 11 is 0. The van der Waals surface area contributed by atoms with Gasteiger partial charge in [-0.25, -0.2) is 9.97 Å². The molecule has 0 bridgehead atoms.